The number of carboxylic acid groups (broad SMARTS) is 1. The zero-order chi connectivity index (χ0) is 14.0. The number of carbonyl (C=O) groups is 1. The van der Waals surface area contributed by atoms with Crippen molar-refractivity contribution in [2.75, 3.05) is 6.61 Å². The molecule has 1 aliphatic rings. The highest BCUT2D eigenvalue weighted by molar-refractivity contribution is 5.74. The second kappa shape index (κ2) is 5.19. The molecule has 0 saturated heterocycles. The van der Waals surface area contributed by atoms with E-state index in [4.69, 9.17) is 9.84 Å². The van der Waals surface area contributed by atoms with Crippen LogP contribution < -0.4 is 4.74 Å². The van der Waals surface area contributed by atoms with Gasteiger partial charge in [-0.1, -0.05) is 12.1 Å². The van der Waals surface area contributed by atoms with Crippen molar-refractivity contribution in [1.29, 1.82) is 0 Å². The highest BCUT2D eigenvalue weighted by Crippen LogP contribution is 2.33. The summed E-state index contributed by atoms with van der Waals surface area (Å²) in [5.74, 6) is -0.576. The fraction of sp³-hybridized carbons (Fsp3) is 0.533. The maximum atomic E-state index is 13.8. The first-order chi connectivity index (χ1) is 8.90. The van der Waals surface area contributed by atoms with E-state index in [9.17, 15) is 9.18 Å². The predicted molar refractivity (Wildman–Crippen MR) is 69.7 cm³/mol. The van der Waals surface area contributed by atoms with Crippen molar-refractivity contribution in [2.24, 2.45) is 11.3 Å². The van der Waals surface area contributed by atoms with Gasteiger partial charge in [0.2, 0.25) is 0 Å². The smallest absolute Gasteiger partial charge is 0.309 e. The number of halogens is 1. The van der Waals surface area contributed by atoms with Crippen molar-refractivity contribution in [3.05, 3.63) is 29.6 Å². The fourth-order valence-corrected chi connectivity index (χ4v) is 1.89. The minimum absolute atomic E-state index is 0.212. The average Bonchev–Trinajstić information content (AvgIpc) is 3.11. The molecule has 19 heavy (non-hydrogen) atoms. The molecule has 0 heterocycles. The maximum Gasteiger partial charge on any atom is 0.309 e. The standard InChI is InChI=1S/C15H19FO3/c1-15(2,14(17)18)8-11-4-3-5-12(16)13(11)19-9-10-6-7-10/h3-5,10H,6-9H2,1-2H3,(H,17,18). The molecule has 1 aromatic carbocycles. The van der Waals surface area contributed by atoms with Crippen LogP contribution in [0.1, 0.15) is 32.3 Å². The molecule has 1 aromatic rings. The van der Waals surface area contributed by atoms with E-state index in [1.165, 1.54) is 6.07 Å². The van der Waals surface area contributed by atoms with Crippen molar-refractivity contribution in [2.45, 2.75) is 33.1 Å². The van der Waals surface area contributed by atoms with Gasteiger partial charge in [-0.25, -0.2) is 4.39 Å². The van der Waals surface area contributed by atoms with Crippen molar-refractivity contribution < 1.29 is 19.0 Å². The molecule has 0 aromatic heterocycles. The topological polar surface area (TPSA) is 46.5 Å². The van der Waals surface area contributed by atoms with Gasteiger partial charge in [0, 0.05) is 0 Å². The van der Waals surface area contributed by atoms with E-state index in [0.29, 0.717) is 18.1 Å². The molecule has 0 spiro atoms. The van der Waals surface area contributed by atoms with Crippen molar-refractivity contribution in [3.8, 4) is 5.75 Å². The van der Waals surface area contributed by atoms with Gasteiger partial charge in [0.1, 0.15) is 0 Å². The highest BCUT2D eigenvalue weighted by Gasteiger charge is 2.30. The van der Waals surface area contributed by atoms with Gasteiger partial charge in [0.25, 0.3) is 0 Å². The molecule has 4 heteroatoms. The Morgan fingerprint density at radius 2 is 2.16 bits per heavy atom. The van der Waals surface area contributed by atoms with Crippen LogP contribution in [0.5, 0.6) is 5.75 Å². The van der Waals surface area contributed by atoms with Crippen molar-refractivity contribution >= 4 is 5.97 Å². The van der Waals surface area contributed by atoms with Gasteiger partial charge in [-0.2, -0.15) is 0 Å². The number of aliphatic carboxylic acids is 1. The Labute approximate surface area is 112 Å². The summed E-state index contributed by atoms with van der Waals surface area (Å²) in [6.45, 7) is 3.78. The van der Waals surface area contributed by atoms with E-state index >= 15 is 0 Å². The molecule has 0 aliphatic heterocycles. The zero-order valence-electron chi connectivity index (χ0n) is 11.3. The Morgan fingerprint density at radius 3 is 2.74 bits per heavy atom. The summed E-state index contributed by atoms with van der Waals surface area (Å²) in [7, 11) is 0. The van der Waals surface area contributed by atoms with Crippen molar-refractivity contribution in [1.82, 2.24) is 0 Å². The average molecular weight is 266 g/mol. The lowest BCUT2D eigenvalue weighted by Gasteiger charge is -2.21. The number of rotatable bonds is 6. The SMILES string of the molecule is CC(C)(Cc1cccc(F)c1OCC1CC1)C(=O)O. The summed E-state index contributed by atoms with van der Waals surface area (Å²) in [4.78, 5) is 11.2. The lowest BCUT2D eigenvalue weighted by molar-refractivity contribution is -0.146. The van der Waals surface area contributed by atoms with Crippen LogP contribution in [-0.2, 0) is 11.2 Å². The third-order valence-corrected chi connectivity index (χ3v) is 3.42. The van der Waals surface area contributed by atoms with E-state index in [2.05, 4.69) is 0 Å². The van der Waals surface area contributed by atoms with E-state index in [1.54, 1.807) is 26.0 Å². The molecule has 0 bridgehead atoms. The fourth-order valence-electron chi connectivity index (χ4n) is 1.89. The van der Waals surface area contributed by atoms with E-state index in [-0.39, 0.29) is 12.2 Å². The molecular formula is C15H19FO3. The van der Waals surface area contributed by atoms with E-state index in [1.807, 2.05) is 0 Å². The third kappa shape index (κ3) is 3.46. The Kier molecular flexibility index (Phi) is 3.78. The molecule has 0 atom stereocenters. The Morgan fingerprint density at radius 1 is 1.47 bits per heavy atom. The first-order valence-corrected chi connectivity index (χ1v) is 6.54. The first-order valence-electron chi connectivity index (χ1n) is 6.54. The van der Waals surface area contributed by atoms with Gasteiger partial charge in [0.15, 0.2) is 11.6 Å². The molecule has 0 amide bonds. The van der Waals surface area contributed by atoms with Crippen LogP contribution >= 0.6 is 0 Å². The van der Waals surface area contributed by atoms with Crippen molar-refractivity contribution in [3.63, 3.8) is 0 Å². The molecule has 1 aliphatic carbocycles. The van der Waals surface area contributed by atoms with E-state index in [0.717, 1.165) is 12.8 Å². The quantitative estimate of drug-likeness (QED) is 0.859. The minimum Gasteiger partial charge on any atom is -0.490 e. The summed E-state index contributed by atoms with van der Waals surface area (Å²) in [5, 5.41) is 9.16. The predicted octanol–water partition coefficient (Wildman–Crippen LogP) is 3.27. The van der Waals surface area contributed by atoms with Gasteiger partial charge in [-0.3, -0.25) is 4.79 Å². The van der Waals surface area contributed by atoms with Gasteiger partial charge in [-0.05, 0) is 50.7 Å². The second-order valence-corrected chi connectivity index (χ2v) is 5.85. The summed E-state index contributed by atoms with van der Waals surface area (Å²) >= 11 is 0. The van der Waals surface area contributed by atoms with Crippen LogP contribution in [0.2, 0.25) is 0 Å². The Bertz CT molecular complexity index is 478. The summed E-state index contributed by atoms with van der Waals surface area (Å²) in [6, 6.07) is 4.67. The number of carboxylic acids is 1. The highest BCUT2D eigenvalue weighted by atomic mass is 19.1. The minimum atomic E-state index is -0.939. The largest absolute Gasteiger partial charge is 0.490 e. The molecular weight excluding hydrogens is 247 g/mol. The molecule has 1 fully saturated rings. The molecule has 2 rings (SSSR count). The Hall–Kier alpha value is -1.58. The number of hydrogen-bond donors (Lipinski definition) is 1. The molecule has 1 N–H and O–H groups in total. The van der Waals surface area contributed by atoms with Crippen LogP contribution in [-0.4, -0.2) is 17.7 Å². The zero-order valence-corrected chi connectivity index (χ0v) is 11.3. The van der Waals surface area contributed by atoms with Crippen LogP contribution in [0, 0.1) is 17.2 Å². The number of ether oxygens (including phenoxy) is 1. The second-order valence-electron chi connectivity index (χ2n) is 5.85. The normalized spacial score (nSPS) is 15.3. The molecule has 3 nitrogen and oxygen atoms in total. The van der Waals surface area contributed by atoms with E-state index < -0.39 is 17.2 Å². The number of para-hydroxylation sites is 1. The monoisotopic (exact) mass is 266 g/mol. The number of hydrogen-bond acceptors (Lipinski definition) is 2. The molecule has 0 radical (unpaired) electrons. The van der Waals surface area contributed by atoms with Gasteiger partial charge >= 0.3 is 5.97 Å². The lowest BCUT2D eigenvalue weighted by Crippen LogP contribution is -2.26. The van der Waals surface area contributed by atoms with Crippen LogP contribution in [0.4, 0.5) is 4.39 Å². The molecule has 0 unspecified atom stereocenters. The van der Waals surface area contributed by atoms with Gasteiger partial charge in [0.05, 0.1) is 12.0 Å². The third-order valence-electron chi connectivity index (χ3n) is 3.42. The number of benzene rings is 1. The summed E-state index contributed by atoms with van der Waals surface area (Å²) < 4.78 is 19.4. The van der Waals surface area contributed by atoms with Crippen LogP contribution in [0.3, 0.4) is 0 Å². The van der Waals surface area contributed by atoms with Gasteiger partial charge < -0.3 is 9.84 Å². The van der Waals surface area contributed by atoms with Crippen LogP contribution in [0.15, 0.2) is 18.2 Å². The Balaban J connectivity index is 2.18. The van der Waals surface area contributed by atoms with Gasteiger partial charge in [-0.15, -0.1) is 0 Å². The lowest BCUT2D eigenvalue weighted by atomic mass is 9.85. The molecule has 1 saturated carbocycles. The van der Waals surface area contributed by atoms with Crippen LogP contribution in [0.25, 0.3) is 0 Å². The first kappa shape index (κ1) is 13.8. The molecule has 104 valence electrons. The maximum absolute atomic E-state index is 13.8. The summed E-state index contributed by atoms with van der Waals surface area (Å²) in [5.41, 5.74) is -0.320. The summed E-state index contributed by atoms with van der Waals surface area (Å²) in [6.07, 6.45) is 2.51.